The van der Waals surface area contributed by atoms with Crippen molar-refractivity contribution in [3.05, 3.63) is 29.3 Å². The highest BCUT2D eigenvalue weighted by atomic mass is 35.5. The second-order valence-corrected chi connectivity index (χ2v) is 7.52. The van der Waals surface area contributed by atoms with E-state index < -0.39 is 21.2 Å². The summed E-state index contributed by atoms with van der Waals surface area (Å²) in [5.41, 5.74) is 0.863. The lowest BCUT2D eigenvalue weighted by atomic mass is 10.2. The van der Waals surface area contributed by atoms with Crippen LogP contribution in [0.1, 0.15) is 6.92 Å². The van der Waals surface area contributed by atoms with Gasteiger partial charge in [-0.3, -0.25) is 4.79 Å². The van der Waals surface area contributed by atoms with Gasteiger partial charge in [-0.2, -0.15) is 4.31 Å². The van der Waals surface area contributed by atoms with Crippen molar-refractivity contribution >= 4 is 33.3 Å². The molecule has 1 aliphatic rings. The predicted molar refractivity (Wildman–Crippen MR) is 81.3 cm³/mol. The number of hydrogen-bond acceptors (Lipinski definition) is 4. The third kappa shape index (κ3) is 3.30. The number of nitrogens with zero attached hydrogens (tertiary/aromatic N) is 2. The molecule has 0 spiro atoms. The van der Waals surface area contributed by atoms with E-state index in [1.54, 1.807) is 6.07 Å². The Morgan fingerprint density at radius 3 is 2.33 bits per heavy atom. The van der Waals surface area contributed by atoms with E-state index in [1.807, 2.05) is 23.1 Å². The smallest absolute Gasteiger partial charge is 0.323 e. The first kappa shape index (κ1) is 16.1. The Morgan fingerprint density at radius 2 is 1.81 bits per heavy atom. The van der Waals surface area contributed by atoms with Gasteiger partial charge >= 0.3 is 5.97 Å². The number of carboxylic acids is 1. The second kappa shape index (κ2) is 6.21. The summed E-state index contributed by atoms with van der Waals surface area (Å²) in [6.07, 6.45) is 0. The summed E-state index contributed by atoms with van der Waals surface area (Å²) in [7, 11) is -3.80. The molecule has 1 aromatic carbocycles. The van der Waals surface area contributed by atoms with Crippen LogP contribution in [0.5, 0.6) is 0 Å². The number of carboxylic acid groups (broad SMARTS) is 1. The van der Waals surface area contributed by atoms with Gasteiger partial charge in [-0.15, -0.1) is 0 Å². The summed E-state index contributed by atoms with van der Waals surface area (Å²) in [6, 6.07) is 7.37. The highest BCUT2D eigenvalue weighted by Crippen LogP contribution is 2.26. The highest BCUT2D eigenvalue weighted by molar-refractivity contribution is 7.90. The van der Waals surface area contributed by atoms with Crippen LogP contribution in [-0.2, 0) is 14.8 Å². The maximum absolute atomic E-state index is 12.1. The van der Waals surface area contributed by atoms with Gasteiger partial charge in [0.2, 0.25) is 10.0 Å². The van der Waals surface area contributed by atoms with Crippen molar-refractivity contribution in [1.29, 1.82) is 0 Å². The summed E-state index contributed by atoms with van der Waals surface area (Å²) in [4.78, 5) is 12.9. The predicted octanol–water partition coefficient (Wildman–Crippen LogP) is 1.26. The minimum Gasteiger partial charge on any atom is -0.480 e. The van der Waals surface area contributed by atoms with Crippen molar-refractivity contribution in [2.24, 2.45) is 0 Å². The molecule has 0 bridgehead atoms. The number of hydrogen-bond donors (Lipinski definition) is 1. The third-order valence-corrected chi connectivity index (χ3v) is 6.09. The van der Waals surface area contributed by atoms with Gasteiger partial charge in [-0.25, -0.2) is 8.42 Å². The molecule has 6 nitrogen and oxygen atoms in total. The maximum atomic E-state index is 12.1. The first-order valence-electron chi connectivity index (χ1n) is 6.55. The van der Waals surface area contributed by atoms with Crippen molar-refractivity contribution < 1.29 is 18.3 Å². The lowest BCUT2D eigenvalue weighted by Crippen LogP contribution is -2.52. The molecule has 116 valence electrons. The lowest BCUT2D eigenvalue weighted by Gasteiger charge is -2.36. The number of sulfonamides is 1. The molecule has 0 saturated carbocycles. The van der Waals surface area contributed by atoms with Crippen molar-refractivity contribution in [3.8, 4) is 0 Å². The molecular formula is C13H17ClN2O4S. The number of carbonyl (C=O) groups is 1. The molecular weight excluding hydrogens is 316 g/mol. The molecule has 0 aromatic heterocycles. The largest absolute Gasteiger partial charge is 0.480 e. The summed E-state index contributed by atoms with van der Waals surface area (Å²) in [5.74, 6) is -1.33. The van der Waals surface area contributed by atoms with Gasteiger partial charge in [-0.05, 0) is 19.1 Å². The van der Waals surface area contributed by atoms with Gasteiger partial charge in [0.05, 0.1) is 10.7 Å². The van der Waals surface area contributed by atoms with Gasteiger partial charge in [0.1, 0.15) is 0 Å². The Morgan fingerprint density at radius 1 is 1.24 bits per heavy atom. The topological polar surface area (TPSA) is 77.9 Å². The fourth-order valence-corrected chi connectivity index (χ4v) is 3.87. The Balaban J connectivity index is 2.07. The molecule has 1 aliphatic heterocycles. The molecule has 0 amide bonds. The van der Waals surface area contributed by atoms with E-state index in [0.717, 1.165) is 5.69 Å². The number of aliphatic carboxylic acids is 1. The summed E-state index contributed by atoms with van der Waals surface area (Å²) >= 11 is 6.12. The van der Waals surface area contributed by atoms with Crippen LogP contribution >= 0.6 is 11.6 Å². The van der Waals surface area contributed by atoms with Crippen molar-refractivity contribution in [3.63, 3.8) is 0 Å². The molecule has 1 saturated heterocycles. The number of rotatable bonds is 4. The molecule has 1 fully saturated rings. The molecule has 1 atom stereocenters. The molecule has 8 heteroatoms. The maximum Gasteiger partial charge on any atom is 0.323 e. The second-order valence-electron chi connectivity index (χ2n) is 4.86. The van der Waals surface area contributed by atoms with Crippen LogP contribution in [0.15, 0.2) is 24.3 Å². The number of piperazine rings is 1. The van der Waals surface area contributed by atoms with Gasteiger partial charge in [0.15, 0.2) is 5.25 Å². The highest BCUT2D eigenvalue weighted by Gasteiger charge is 2.35. The minimum absolute atomic E-state index is 0.255. The Kier molecular flexibility index (Phi) is 4.75. The van der Waals surface area contributed by atoms with Gasteiger partial charge < -0.3 is 10.0 Å². The van der Waals surface area contributed by atoms with E-state index in [9.17, 15) is 13.2 Å². The zero-order chi connectivity index (χ0) is 15.6. The van der Waals surface area contributed by atoms with Crippen LogP contribution in [0.4, 0.5) is 5.69 Å². The average molecular weight is 333 g/mol. The molecule has 1 heterocycles. The number of benzene rings is 1. The number of anilines is 1. The zero-order valence-corrected chi connectivity index (χ0v) is 13.1. The SMILES string of the molecule is CC(C(=O)O)S(=O)(=O)N1CCN(c2ccccc2Cl)CC1. The molecule has 2 rings (SSSR count). The van der Waals surface area contributed by atoms with Crippen LogP contribution in [-0.4, -0.2) is 55.2 Å². The fourth-order valence-electron chi connectivity index (χ4n) is 2.24. The number of para-hydroxylation sites is 1. The van der Waals surface area contributed by atoms with Crippen molar-refractivity contribution in [2.75, 3.05) is 31.1 Å². The lowest BCUT2D eigenvalue weighted by molar-refractivity contribution is -0.136. The fraction of sp³-hybridized carbons (Fsp3) is 0.462. The normalized spacial score (nSPS) is 18.5. The van der Waals surface area contributed by atoms with Crippen LogP contribution in [0, 0.1) is 0 Å². The Labute approximate surface area is 129 Å². The molecule has 1 aromatic rings. The molecule has 0 aliphatic carbocycles. The molecule has 21 heavy (non-hydrogen) atoms. The van der Waals surface area contributed by atoms with E-state index >= 15 is 0 Å². The van der Waals surface area contributed by atoms with Crippen LogP contribution in [0.25, 0.3) is 0 Å². The third-order valence-electron chi connectivity index (χ3n) is 3.59. The van der Waals surface area contributed by atoms with Crippen molar-refractivity contribution in [2.45, 2.75) is 12.2 Å². The van der Waals surface area contributed by atoms with E-state index in [4.69, 9.17) is 16.7 Å². The summed E-state index contributed by atoms with van der Waals surface area (Å²) in [6.45, 7) is 2.67. The van der Waals surface area contributed by atoms with Crippen LogP contribution < -0.4 is 4.90 Å². The molecule has 1 unspecified atom stereocenters. The molecule has 0 radical (unpaired) electrons. The number of halogens is 1. The monoisotopic (exact) mass is 332 g/mol. The van der Waals surface area contributed by atoms with Crippen LogP contribution in [0.3, 0.4) is 0 Å². The van der Waals surface area contributed by atoms with Crippen LogP contribution in [0.2, 0.25) is 5.02 Å². The average Bonchev–Trinajstić information content (AvgIpc) is 2.47. The van der Waals surface area contributed by atoms with Crippen molar-refractivity contribution in [1.82, 2.24) is 4.31 Å². The zero-order valence-electron chi connectivity index (χ0n) is 11.6. The minimum atomic E-state index is -3.80. The first-order valence-corrected chi connectivity index (χ1v) is 8.43. The van der Waals surface area contributed by atoms with Gasteiger partial charge in [0, 0.05) is 26.2 Å². The summed E-state index contributed by atoms with van der Waals surface area (Å²) < 4.78 is 25.5. The van der Waals surface area contributed by atoms with Gasteiger partial charge in [-0.1, -0.05) is 23.7 Å². The van der Waals surface area contributed by atoms with Gasteiger partial charge in [0.25, 0.3) is 0 Å². The van der Waals surface area contributed by atoms with E-state index in [-0.39, 0.29) is 13.1 Å². The first-order chi connectivity index (χ1) is 9.84. The quantitative estimate of drug-likeness (QED) is 0.898. The van der Waals surface area contributed by atoms with E-state index in [2.05, 4.69) is 0 Å². The Hall–Kier alpha value is -1.31. The van der Waals surface area contributed by atoms with E-state index in [1.165, 1.54) is 11.2 Å². The summed E-state index contributed by atoms with van der Waals surface area (Å²) in [5, 5.41) is 8.07. The standard InChI is InChI=1S/C13H17ClN2O4S/c1-10(13(17)18)21(19,20)16-8-6-15(7-9-16)12-5-3-2-4-11(12)14/h2-5,10H,6-9H2,1H3,(H,17,18). The molecule has 1 N–H and O–H groups in total. The Bertz CT molecular complexity index is 627. The van der Waals surface area contributed by atoms with E-state index in [0.29, 0.717) is 18.1 Å².